The second kappa shape index (κ2) is 5.51. The molecule has 1 fully saturated rings. The molecule has 0 unspecified atom stereocenters. The third-order valence-electron chi connectivity index (χ3n) is 3.10. The van der Waals surface area contributed by atoms with Gasteiger partial charge in [0.05, 0.1) is 6.10 Å². The molecule has 0 bridgehead atoms. The highest BCUT2D eigenvalue weighted by molar-refractivity contribution is 6.58. The van der Waals surface area contributed by atoms with Crippen LogP contribution in [0.4, 0.5) is 4.39 Å². The summed E-state index contributed by atoms with van der Waals surface area (Å²) >= 11 is 0. The molecule has 0 saturated heterocycles. The molecule has 0 amide bonds. The zero-order valence-electron chi connectivity index (χ0n) is 9.60. The van der Waals surface area contributed by atoms with Crippen molar-refractivity contribution in [3.8, 4) is 5.75 Å². The lowest BCUT2D eigenvalue weighted by atomic mass is 9.80. The number of ether oxygens (including phenoxy) is 1. The summed E-state index contributed by atoms with van der Waals surface area (Å²) in [4.78, 5) is 0. The average molecular weight is 238 g/mol. The Labute approximate surface area is 100 Å². The van der Waals surface area contributed by atoms with E-state index in [1.54, 1.807) is 0 Å². The van der Waals surface area contributed by atoms with Crippen molar-refractivity contribution in [1.29, 1.82) is 0 Å². The van der Waals surface area contributed by atoms with Crippen molar-refractivity contribution in [3.05, 3.63) is 24.0 Å². The first kappa shape index (κ1) is 12.4. The predicted molar refractivity (Wildman–Crippen MR) is 63.7 cm³/mol. The van der Waals surface area contributed by atoms with Crippen LogP contribution in [0.15, 0.2) is 18.2 Å². The van der Waals surface area contributed by atoms with Crippen LogP contribution in [0, 0.1) is 5.82 Å². The smallest absolute Gasteiger partial charge is 0.487 e. The first-order chi connectivity index (χ1) is 8.16. The molecular weight excluding hydrogens is 222 g/mol. The van der Waals surface area contributed by atoms with Crippen molar-refractivity contribution in [2.75, 3.05) is 0 Å². The molecule has 2 N–H and O–H groups in total. The van der Waals surface area contributed by atoms with Gasteiger partial charge >= 0.3 is 7.12 Å². The quantitative estimate of drug-likeness (QED) is 0.778. The predicted octanol–water partition coefficient (Wildman–Crippen LogP) is 1.22. The monoisotopic (exact) mass is 238 g/mol. The van der Waals surface area contributed by atoms with Crippen LogP contribution in [-0.4, -0.2) is 23.3 Å². The van der Waals surface area contributed by atoms with E-state index in [0.29, 0.717) is 0 Å². The number of benzene rings is 1. The van der Waals surface area contributed by atoms with Crippen molar-refractivity contribution in [1.82, 2.24) is 0 Å². The van der Waals surface area contributed by atoms with Crippen molar-refractivity contribution < 1.29 is 19.2 Å². The molecule has 0 atom stereocenters. The van der Waals surface area contributed by atoms with Crippen molar-refractivity contribution in [2.24, 2.45) is 0 Å². The minimum absolute atomic E-state index is 0.0457. The van der Waals surface area contributed by atoms with E-state index in [1.807, 2.05) is 0 Å². The second-order valence-corrected chi connectivity index (χ2v) is 4.44. The van der Waals surface area contributed by atoms with Crippen molar-refractivity contribution in [3.63, 3.8) is 0 Å². The lowest BCUT2D eigenvalue weighted by Crippen LogP contribution is -2.30. The van der Waals surface area contributed by atoms with Gasteiger partial charge in [-0.1, -0.05) is 12.5 Å². The number of hydrogen-bond donors (Lipinski definition) is 2. The standard InChI is InChI=1S/C12H16BFO3/c14-11-7-6-9(13(15)16)8-12(11)17-10-4-2-1-3-5-10/h6-8,10,15-16H,1-5H2. The molecule has 0 spiro atoms. The maximum Gasteiger partial charge on any atom is 0.488 e. The highest BCUT2D eigenvalue weighted by atomic mass is 19.1. The van der Waals surface area contributed by atoms with Gasteiger partial charge in [0.1, 0.15) is 0 Å². The summed E-state index contributed by atoms with van der Waals surface area (Å²) in [5.41, 5.74) is 0.247. The molecule has 2 rings (SSSR count). The fraction of sp³-hybridized carbons (Fsp3) is 0.500. The summed E-state index contributed by atoms with van der Waals surface area (Å²) in [6.45, 7) is 0. The lowest BCUT2D eigenvalue weighted by Gasteiger charge is -2.23. The molecule has 0 heterocycles. The summed E-state index contributed by atoms with van der Waals surface area (Å²) < 4.78 is 19.1. The maximum atomic E-state index is 13.5. The number of hydrogen-bond acceptors (Lipinski definition) is 3. The summed E-state index contributed by atoms with van der Waals surface area (Å²) in [5, 5.41) is 18.0. The second-order valence-electron chi connectivity index (χ2n) is 4.44. The molecule has 1 saturated carbocycles. The Morgan fingerprint density at radius 2 is 1.88 bits per heavy atom. The summed E-state index contributed by atoms with van der Waals surface area (Å²) in [5.74, 6) is -0.345. The van der Waals surface area contributed by atoms with Crippen molar-refractivity contribution in [2.45, 2.75) is 38.2 Å². The van der Waals surface area contributed by atoms with E-state index in [0.717, 1.165) is 25.7 Å². The van der Waals surface area contributed by atoms with Crippen LogP contribution in [0.25, 0.3) is 0 Å². The fourth-order valence-electron chi connectivity index (χ4n) is 2.13. The van der Waals surface area contributed by atoms with E-state index in [2.05, 4.69) is 0 Å². The highest BCUT2D eigenvalue weighted by Gasteiger charge is 2.19. The van der Waals surface area contributed by atoms with Crippen LogP contribution < -0.4 is 10.2 Å². The maximum absolute atomic E-state index is 13.5. The first-order valence-electron chi connectivity index (χ1n) is 5.99. The van der Waals surface area contributed by atoms with Gasteiger partial charge in [-0.25, -0.2) is 4.39 Å². The van der Waals surface area contributed by atoms with Gasteiger partial charge in [-0.05, 0) is 43.3 Å². The average Bonchev–Trinajstić information content (AvgIpc) is 2.33. The molecule has 0 radical (unpaired) electrons. The van der Waals surface area contributed by atoms with Crippen LogP contribution in [0.5, 0.6) is 5.75 Å². The van der Waals surface area contributed by atoms with Gasteiger partial charge in [-0.15, -0.1) is 0 Å². The molecule has 1 aliphatic carbocycles. The van der Waals surface area contributed by atoms with Gasteiger partial charge in [-0.3, -0.25) is 0 Å². The summed E-state index contributed by atoms with van der Waals surface area (Å²) in [6, 6.07) is 3.90. The minimum Gasteiger partial charge on any atom is -0.487 e. The Balaban J connectivity index is 2.10. The zero-order valence-corrected chi connectivity index (χ0v) is 9.60. The molecular formula is C12H16BFO3. The number of rotatable bonds is 3. The van der Waals surface area contributed by atoms with Crippen molar-refractivity contribution >= 4 is 12.6 Å². The minimum atomic E-state index is -1.59. The molecule has 17 heavy (non-hydrogen) atoms. The number of halogens is 1. The van der Waals surface area contributed by atoms with E-state index in [9.17, 15) is 4.39 Å². The van der Waals surface area contributed by atoms with Gasteiger partial charge in [0, 0.05) is 0 Å². The SMILES string of the molecule is OB(O)c1ccc(F)c(OC2CCCCC2)c1. The zero-order chi connectivity index (χ0) is 12.3. The normalized spacial score (nSPS) is 16.9. The Morgan fingerprint density at radius 1 is 1.18 bits per heavy atom. The molecule has 0 aliphatic heterocycles. The van der Waals surface area contributed by atoms with Gasteiger partial charge in [0.25, 0.3) is 0 Å². The molecule has 1 aromatic carbocycles. The van der Waals surface area contributed by atoms with Crippen LogP contribution in [0.3, 0.4) is 0 Å². The fourth-order valence-corrected chi connectivity index (χ4v) is 2.13. The van der Waals surface area contributed by atoms with E-state index < -0.39 is 12.9 Å². The van der Waals surface area contributed by atoms with E-state index in [4.69, 9.17) is 14.8 Å². The van der Waals surface area contributed by atoms with Crippen LogP contribution >= 0.6 is 0 Å². The lowest BCUT2D eigenvalue weighted by molar-refractivity contribution is 0.149. The molecule has 3 nitrogen and oxygen atoms in total. The van der Waals surface area contributed by atoms with Crippen LogP contribution in [-0.2, 0) is 0 Å². The summed E-state index contributed by atoms with van der Waals surface area (Å²) in [7, 11) is -1.59. The van der Waals surface area contributed by atoms with E-state index in [1.165, 1.54) is 24.6 Å². The van der Waals surface area contributed by atoms with E-state index >= 15 is 0 Å². The van der Waals surface area contributed by atoms with Gasteiger partial charge < -0.3 is 14.8 Å². The van der Waals surface area contributed by atoms with E-state index in [-0.39, 0.29) is 17.3 Å². The van der Waals surface area contributed by atoms with Gasteiger partial charge in [0.15, 0.2) is 11.6 Å². The third kappa shape index (κ3) is 3.20. The van der Waals surface area contributed by atoms with Gasteiger partial charge in [0.2, 0.25) is 0 Å². The molecule has 0 aromatic heterocycles. The highest BCUT2D eigenvalue weighted by Crippen LogP contribution is 2.24. The first-order valence-corrected chi connectivity index (χ1v) is 5.99. The topological polar surface area (TPSA) is 49.7 Å². The summed E-state index contributed by atoms with van der Waals surface area (Å²) in [6.07, 6.45) is 5.33. The molecule has 5 heteroatoms. The largest absolute Gasteiger partial charge is 0.488 e. The Bertz CT molecular complexity index is 378. The van der Waals surface area contributed by atoms with Gasteiger partial charge in [-0.2, -0.15) is 0 Å². The Kier molecular flexibility index (Phi) is 4.02. The molecule has 1 aliphatic rings. The Morgan fingerprint density at radius 3 is 2.53 bits per heavy atom. The van der Waals surface area contributed by atoms with Crippen LogP contribution in [0.1, 0.15) is 32.1 Å². The third-order valence-corrected chi connectivity index (χ3v) is 3.10. The van der Waals surface area contributed by atoms with Crippen LogP contribution in [0.2, 0.25) is 0 Å². The molecule has 92 valence electrons. The Hall–Kier alpha value is -1.07. The molecule has 1 aromatic rings.